The summed E-state index contributed by atoms with van der Waals surface area (Å²) in [6, 6.07) is 12.8. The molecule has 0 aromatic heterocycles. The second-order valence-corrected chi connectivity index (χ2v) is 17.6. The number of alkyl halides is 3. The predicted molar refractivity (Wildman–Crippen MR) is 126 cm³/mol. The largest absolute Gasteiger partial charge is 0.691 e. The number of quaternary nitrogens is 1. The first-order valence-electron chi connectivity index (χ1n) is 8.13. The van der Waals surface area contributed by atoms with Gasteiger partial charge in [0, 0.05) is 17.3 Å². The number of sulfone groups is 1. The fourth-order valence-electron chi connectivity index (χ4n) is 2.33. The molecule has 0 atom stereocenters. The maximum absolute atomic E-state index is 12.6. The van der Waals surface area contributed by atoms with Crippen molar-refractivity contribution < 1.29 is 27.8 Å². The zero-order valence-electron chi connectivity index (χ0n) is 15.7. The standard InChI is InChI=1S/C17H17Br3N2O6S2/c1-22(2,11-29-28-27-24)14-5-3-4-13(10-14)21-16(23)12-6-8-15(9-7-12)30(25,26)17(18,19)20/h3-10H,11H2,1-2H3,(H-,21,23,24). The highest BCUT2D eigenvalue weighted by atomic mass is 80.0. The van der Waals surface area contributed by atoms with Gasteiger partial charge in [-0.05, 0) is 84.2 Å². The third kappa shape index (κ3) is 6.50. The van der Waals surface area contributed by atoms with E-state index in [-0.39, 0.29) is 10.8 Å². The van der Waals surface area contributed by atoms with Crippen molar-refractivity contribution in [3.05, 3.63) is 54.1 Å². The van der Waals surface area contributed by atoms with E-state index in [2.05, 4.69) is 62.5 Å². The molecule has 0 aliphatic carbocycles. The number of anilines is 1. The molecule has 2 aromatic rings. The first-order valence-corrected chi connectivity index (χ1v) is 12.9. The van der Waals surface area contributed by atoms with Crippen LogP contribution in [0.5, 0.6) is 0 Å². The summed E-state index contributed by atoms with van der Waals surface area (Å²) in [5, 5.41) is 16.1. The number of hydrogen-bond donors (Lipinski definition) is 1. The van der Waals surface area contributed by atoms with Gasteiger partial charge in [-0.2, -0.15) is 4.33 Å². The molecule has 0 radical (unpaired) electrons. The molecule has 0 saturated heterocycles. The first kappa shape index (κ1) is 25.7. The summed E-state index contributed by atoms with van der Waals surface area (Å²) < 4.78 is 27.9. The normalized spacial score (nSPS) is 12.6. The number of carbonyl (C=O) groups excluding carboxylic acids is 1. The Morgan fingerprint density at radius 3 is 2.37 bits per heavy atom. The number of hydrogen-bond acceptors (Lipinski definition) is 7. The van der Waals surface area contributed by atoms with Gasteiger partial charge < -0.3 is 10.6 Å². The minimum atomic E-state index is -3.73. The molecule has 0 fully saturated rings. The Hall–Kier alpha value is -0.510. The molecule has 13 heteroatoms. The van der Waals surface area contributed by atoms with Crippen LogP contribution in [0.2, 0.25) is 0 Å². The number of nitrogens with zero attached hydrogens (tertiary/aromatic N) is 1. The van der Waals surface area contributed by atoms with Crippen molar-refractivity contribution in [1.82, 2.24) is 4.48 Å². The van der Waals surface area contributed by atoms with Crippen LogP contribution in [0.4, 0.5) is 11.4 Å². The van der Waals surface area contributed by atoms with Crippen molar-refractivity contribution in [2.24, 2.45) is 0 Å². The lowest BCUT2D eigenvalue weighted by Gasteiger charge is -2.28. The fraction of sp³-hybridized carbons (Fsp3) is 0.235. The van der Waals surface area contributed by atoms with Crippen LogP contribution < -0.4 is 15.1 Å². The van der Waals surface area contributed by atoms with Crippen molar-refractivity contribution in [3.63, 3.8) is 0 Å². The lowest BCUT2D eigenvalue weighted by Crippen LogP contribution is -2.40. The predicted octanol–water partition coefficient (Wildman–Crippen LogP) is 3.90. The molecule has 2 rings (SSSR count). The number of nitrogens with one attached hydrogen (secondary N) is 1. The SMILES string of the molecule is C[N+](C)(CSOO[O-])c1cccc(NC(=O)c2ccc(S(=O)(=O)C(Br)(Br)Br)cc2)c1. The van der Waals surface area contributed by atoms with E-state index in [0.717, 1.165) is 17.7 Å². The molecule has 164 valence electrons. The van der Waals surface area contributed by atoms with Crippen molar-refractivity contribution in [2.75, 3.05) is 25.3 Å². The van der Waals surface area contributed by atoms with Crippen molar-refractivity contribution >= 4 is 87.0 Å². The molecular weight excluding hydrogens is 632 g/mol. The summed E-state index contributed by atoms with van der Waals surface area (Å²) in [6.07, 6.45) is 0. The lowest BCUT2D eigenvalue weighted by atomic mass is 10.2. The summed E-state index contributed by atoms with van der Waals surface area (Å²) in [6.45, 7) is 0. The summed E-state index contributed by atoms with van der Waals surface area (Å²) in [4.78, 5) is 12.6. The zero-order valence-corrected chi connectivity index (χ0v) is 22.1. The van der Waals surface area contributed by atoms with Gasteiger partial charge in [-0.25, -0.2) is 8.42 Å². The lowest BCUT2D eigenvalue weighted by molar-refractivity contribution is -0.777. The number of amides is 1. The molecule has 0 bridgehead atoms. The van der Waals surface area contributed by atoms with Gasteiger partial charge in [0.1, 0.15) is 5.69 Å². The van der Waals surface area contributed by atoms with E-state index in [1.54, 1.807) is 18.2 Å². The topological polar surface area (TPSA) is 105 Å². The second-order valence-electron chi connectivity index (χ2n) is 6.55. The maximum atomic E-state index is 12.6. The minimum Gasteiger partial charge on any atom is -0.691 e. The Kier molecular flexibility index (Phi) is 8.93. The molecular formula is C17H17Br3N2O6S2. The Balaban J connectivity index is 2.15. The maximum Gasteiger partial charge on any atom is 0.255 e. The van der Waals surface area contributed by atoms with E-state index in [4.69, 9.17) is 0 Å². The highest BCUT2D eigenvalue weighted by Crippen LogP contribution is 2.43. The van der Waals surface area contributed by atoms with Gasteiger partial charge in [-0.1, -0.05) is 6.07 Å². The van der Waals surface area contributed by atoms with Crippen LogP contribution in [0, 0.1) is 0 Å². The van der Waals surface area contributed by atoms with E-state index in [1.165, 1.54) is 24.3 Å². The molecule has 30 heavy (non-hydrogen) atoms. The number of rotatable bonds is 8. The molecule has 2 aromatic carbocycles. The second kappa shape index (κ2) is 10.4. The van der Waals surface area contributed by atoms with E-state index in [1.807, 2.05) is 20.2 Å². The number of halogens is 3. The van der Waals surface area contributed by atoms with Gasteiger partial charge in [0.15, 0.2) is 5.88 Å². The molecule has 1 amide bonds. The zero-order chi connectivity index (χ0) is 22.6. The Morgan fingerprint density at radius 1 is 1.17 bits per heavy atom. The molecule has 0 aliphatic rings. The quantitative estimate of drug-likeness (QED) is 0.0881. The Bertz CT molecular complexity index is 995. The first-order chi connectivity index (χ1) is 13.9. The molecule has 0 unspecified atom stereocenters. The van der Waals surface area contributed by atoms with Gasteiger partial charge in [-0.15, -0.1) is 0 Å². The van der Waals surface area contributed by atoms with Crippen LogP contribution in [0.1, 0.15) is 10.4 Å². The van der Waals surface area contributed by atoms with E-state index in [9.17, 15) is 18.5 Å². The van der Waals surface area contributed by atoms with Crippen molar-refractivity contribution in [1.29, 1.82) is 0 Å². The van der Waals surface area contributed by atoms with Crippen LogP contribution in [-0.2, 0) is 19.2 Å². The van der Waals surface area contributed by atoms with Crippen LogP contribution in [0.25, 0.3) is 0 Å². The molecule has 8 nitrogen and oxygen atoms in total. The van der Waals surface area contributed by atoms with Crippen LogP contribution in [0.3, 0.4) is 0 Å². The van der Waals surface area contributed by atoms with Crippen molar-refractivity contribution in [2.45, 2.75) is 6.37 Å². The Labute approximate surface area is 203 Å². The number of benzene rings is 2. The summed E-state index contributed by atoms with van der Waals surface area (Å²) in [5.74, 6) is 0.00727. The fourth-order valence-corrected chi connectivity index (χ4v) is 5.27. The highest BCUT2D eigenvalue weighted by molar-refractivity contribution is 9.42. The van der Waals surface area contributed by atoms with Gasteiger partial charge >= 0.3 is 0 Å². The van der Waals surface area contributed by atoms with E-state index < -0.39 is 11.3 Å². The van der Waals surface area contributed by atoms with E-state index in [0.29, 0.717) is 21.6 Å². The van der Waals surface area contributed by atoms with Gasteiger partial charge in [-0.3, -0.25) is 14.3 Å². The molecule has 0 aliphatic heterocycles. The average Bonchev–Trinajstić information content (AvgIpc) is 2.67. The van der Waals surface area contributed by atoms with E-state index >= 15 is 0 Å². The molecule has 1 N–H and O–H groups in total. The van der Waals surface area contributed by atoms with Gasteiger partial charge in [0.05, 0.1) is 31.0 Å². The third-order valence-electron chi connectivity index (χ3n) is 3.99. The molecule has 0 heterocycles. The monoisotopic (exact) mass is 646 g/mol. The van der Waals surface area contributed by atoms with Crippen LogP contribution >= 0.6 is 59.8 Å². The molecule has 0 spiro atoms. The summed E-state index contributed by atoms with van der Waals surface area (Å²) in [7, 11) is 0.0695. The van der Waals surface area contributed by atoms with Gasteiger partial charge in [0.2, 0.25) is 11.3 Å². The minimum absolute atomic E-state index is 0.0347. The average molecular weight is 649 g/mol. The van der Waals surface area contributed by atoms with Gasteiger partial charge in [0.25, 0.3) is 5.91 Å². The van der Waals surface area contributed by atoms with Crippen LogP contribution in [0.15, 0.2) is 53.4 Å². The summed E-state index contributed by atoms with van der Waals surface area (Å²) in [5.41, 5.74) is 1.72. The summed E-state index contributed by atoms with van der Waals surface area (Å²) >= 11 is 9.88. The Morgan fingerprint density at radius 2 is 1.80 bits per heavy atom. The van der Waals surface area contributed by atoms with Crippen molar-refractivity contribution in [3.8, 4) is 0 Å². The third-order valence-corrected chi connectivity index (χ3v) is 10.2. The molecule has 0 saturated carbocycles. The van der Waals surface area contributed by atoms with Crippen LogP contribution in [-0.4, -0.2) is 35.8 Å². The number of carbonyl (C=O) groups is 1. The highest BCUT2D eigenvalue weighted by Gasteiger charge is 2.37. The smallest absolute Gasteiger partial charge is 0.255 e.